The second-order valence-corrected chi connectivity index (χ2v) is 12.8. The molecule has 0 aromatic rings. The summed E-state index contributed by atoms with van der Waals surface area (Å²) in [6, 6.07) is 0. The number of hydrogen-bond donors (Lipinski definition) is 1. The molecule has 0 amide bonds. The highest BCUT2D eigenvalue weighted by atomic mass is 16.5. The van der Waals surface area contributed by atoms with Gasteiger partial charge in [0, 0.05) is 34.7 Å². The van der Waals surface area contributed by atoms with E-state index in [1.165, 1.54) is 11.1 Å². The van der Waals surface area contributed by atoms with Gasteiger partial charge in [-0.05, 0) is 85.6 Å². The molecule has 0 aromatic carbocycles. The number of ketones is 3. The first-order valence-electron chi connectivity index (χ1n) is 13.2. The standard InChI is InChI=1S/C30H42O5/c1-17-9-12-23-29(7,15-14-22(32)28(5,6)35-23)19(17)10-11-20-18(2)24(33)25(34)26-27(3,4)21(31)13-16-30(20,26)8/h23,34H,9-16H2,1-8H3. The number of allylic oxidation sites excluding steroid dienone is 4. The average molecular weight is 483 g/mol. The third-order valence-corrected chi connectivity index (χ3v) is 9.94. The maximum absolute atomic E-state index is 13.1. The molecule has 0 bridgehead atoms. The first kappa shape index (κ1) is 26.1. The number of hydrogen-bond acceptors (Lipinski definition) is 5. The van der Waals surface area contributed by atoms with Gasteiger partial charge in [0.15, 0.2) is 11.5 Å². The number of aliphatic hydroxyl groups excluding tert-OH is 1. The van der Waals surface area contributed by atoms with E-state index in [-0.39, 0.29) is 34.6 Å². The third-order valence-electron chi connectivity index (χ3n) is 9.94. The molecule has 1 saturated carbocycles. The summed E-state index contributed by atoms with van der Waals surface area (Å²) in [5, 5.41) is 10.9. The van der Waals surface area contributed by atoms with Gasteiger partial charge in [0.2, 0.25) is 5.78 Å². The number of carbonyl (C=O) groups is 3. The molecule has 3 unspecified atom stereocenters. The summed E-state index contributed by atoms with van der Waals surface area (Å²) in [6.07, 6.45) is 5.66. The molecule has 3 aliphatic carbocycles. The van der Waals surface area contributed by atoms with E-state index in [0.29, 0.717) is 36.8 Å². The molecule has 1 heterocycles. The monoisotopic (exact) mass is 482 g/mol. The lowest BCUT2D eigenvalue weighted by atomic mass is 9.53. The van der Waals surface area contributed by atoms with Gasteiger partial charge in [0.1, 0.15) is 11.4 Å². The summed E-state index contributed by atoms with van der Waals surface area (Å²) in [4.78, 5) is 38.7. The summed E-state index contributed by atoms with van der Waals surface area (Å²) < 4.78 is 6.46. The highest BCUT2D eigenvalue weighted by Crippen LogP contribution is 2.58. The zero-order valence-electron chi connectivity index (χ0n) is 22.8. The van der Waals surface area contributed by atoms with Crippen molar-refractivity contribution in [1.29, 1.82) is 0 Å². The molecule has 1 saturated heterocycles. The maximum Gasteiger partial charge on any atom is 0.223 e. The van der Waals surface area contributed by atoms with Gasteiger partial charge in [-0.3, -0.25) is 14.4 Å². The van der Waals surface area contributed by atoms with Crippen LogP contribution in [-0.4, -0.2) is 34.2 Å². The second-order valence-electron chi connectivity index (χ2n) is 12.8. The van der Waals surface area contributed by atoms with Crippen LogP contribution in [0.4, 0.5) is 0 Å². The summed E-state index contributed by atoms with van der Waals surface area (Å²) in [5.41, 5.74) is 2.61. The van der Waals surface area contributed by atoms with E-state index < -0.39 is 16.4 Å². The summed E-state index contributed by atoms with van der Waals surface area (Å²) in [5.74, 6) is -0.343. The van der Waals surface area contributed by atoms with Crippen molar-refractivity contribution in [3.63, 3.8) is 0 Å². The summed E-state index contributed by atoms with van der Waals surface area (Å²) in [6.45, 7) is 15.8. The van der Waals surface area contributed by atoms with Crippen LogP contribution in [0.15, 0.2) is 33.6 Å². The van der Waals surface area contributed by atoms with Crippen molar-refractivity contribution < 1.29 is 24.2 Å². The van der Waals surface area contributed by atoms with Gasteiger partial charge in [-0.1, -0.05) is 30.6 Å². The quantitative estimate of drug-likeness (QED) is 0.463. The predicted octanol–water partition coefficient (Wildman–Crippen LogP) is 6.52. The van der Waals surface area contributed by atoms with Gasteiger partial charge in [-0.2, -0.15) is 0 Å². The molecule has 4 aliphatic rings. The lowest BCUT2D eigenvalue weighted by Gasteiger charge is -2.49. The Morgan fingerprint density at radius 3 is 2.11 bits per heavy atom. The van der Waals surface area contributed by atoms with Crippen molar-refractivity contribution in [2.45, 2.75) is 118 Å². The number of carbonyl (C=O) groups excluding carboxylic acids is 3. The Balaban J connectivity index is 1.70. The Kier molecular flexibility index (Phi) is 6.15. The van der Waals surface area contributed by atoms with E-state index in [1.54, 1.807) is 0 Å². The van der Waals surface area contributed by atoms with Crippen LogP contribution in [0.25, 0.3) is 0 Å². The lowest BCUT2D eigenvalue weighted by Crippen LogP contribution is -2.46. The average Bonchev–Trinajstić information content (AvgIpc) is 2.85. The van der Waals surface area contributed by atoms with Crippen molar-refractivity contribution in [2.75, 3.05) is 0 Å². The van der Waals surface area contributed by atoms with E-state index >= 15 is 0 Å². The van der Waals surface area contributed by atoms with Crippen molar-refractivity contribution in [1.82, 2.24) is 0 Å². The highest BCUT2D eigenvalue weighted by Gasteiger charge is 2.54. The molecule has 3 atom stereocenters. The van der Waals surface area contributed by atoms with Gasteiger partial charge < -0.3 is 9.84 Å². The normalized spacial score (nSPS) is 35.2. The van der Waals surface area contributed by atoms with Crippen LogP contribution in [-0.2, 0) is 19.1 Å². The van der Waals surface area contributed by atoms with Gasteiger partial charge in [0.25, 0.3) is 0 Å². The van der Waals surface area contributed by atoms with Crippen molar-refractivity contribution >= 4 is 17.3 Å². The molecule has 192 valence electrons. The van der Waals surface area contributed by atoms with Crippen LogP contribution in [0.2, 0.25) is 0 Å². The zero-order chi connectivity index (χ0) is 26.1. The second kappa shape index (κ2) is 8.26. The van der Waals surface area contributed by atoms with Gasteiger partial charge in [0.05, 0.1) is 6.10 Å². The number of Topliss-reactive ketones (excluding diaryl/α,β-unsaturated/α-hetero) is 3. The highest BCUT2D eigenvalue weighted by molar-refractivity contribution is 6.10. The zero-order valence-corrected chi connectivity index (χ0v) is 22.8. The smallest absolute Gasteiger partial charge is 0.223 e. The number of ether oxygens (including phenoxy) is 1. The Morgan fingerprint density at radius 2 is 1.46 bits per heavy atom. The first-order valence-corrected chi connectivity index (χ1v) is 13.2. The van der Waals surface area contributed by atoms with E-state index in [1.807, 2.05) is 34.6 Å². The molecule has 5 nitrogen and oxygen atoms in total. The SMILES string of the molecule is CC1=C(CCC2=C(C)C(=O)C(O)=C3C(C)(C)C(=O)CCC23C)C2(C)CCC(=O)C(C)(C)OC2CC1. The number of rotatable bonds is 3. The van der Waals surface area contributed by atoms with Crippen LogP contribution in [0.5, 0.6) is 0 Å². The van der Waals surface area contributed by atoms with Crippen LogP contribution in [0, 0.1) is 16.2 Å². The van der Waals surface area contributed by atoms with Crippen LogP contribution in [0.1, 0.15) is 107 Å². The topological polar surface area (TPSA) is 80.7 Å². The lowest BCUT2D eigenvalue weighted by molar-refractivity contribution is -0.150. The van der Waals surface area contributed by atoms with E-state index in [9.17, 15) is 19.5 Å². The van der Waals surface area contributed by atoms with Crippen molar-refractivity contribution in [3.05, 3.63) is 33.6 Å². The molecule has 35 heavy (non-hydrogen) atoms. The Hall–Kier alpha value is -2.01. The van der Waals surface area contributed by atoms with Crippen molar-refractivity contribution in [3.8, 4) is 0 Å². The van der Waals surface area contributed by atoms with Crippen LogP contribution in [0.3, 0.4) is 0 Å². The molecular formula is C30H42O5. The Labute approximate surface area is 210 Å². The minimum atomic E-state index is -0.864. The number of fused-ring (bicyclic) bond motifs is 2. The minimum Gasteiger partial charge on any atom is -0.504 e. The molecular weight excluding hydrogens is 440 g/mol. The van der Waals surface area contributed by atoms with E-state index in [4.69, 9.17) is 4.74 Å². The molecule has 0 radical (unpaired) electrons. The van der Waals surface area contributed by atoms with Crippen molar-refractivity contribution in [2.24, 2.45) is 16.2 Å². The first-order chi connectivity index (χ1) is 16.1. The molecule has 1 aliphatic heterocycles. The van der Waals surface area contributed by atoms with E-state index in [2.05, 4.69) is 20.8 Å². The van der Waals surface area contributed by atoms with Crippen LogP contribution < -0.4 is 0 Å². The Bertz CT molecular complexity index is 1100. The van der Waals surface area contributed by atoms with Gasteiger partial charge in [-0.25, -0.2) is 0 Å². The molecule has 0 spiro atoms. The molecule has 2 fully saturated rings. The summed E-state index contributed by atoms with van der Waals surface area (Å²) >= 11 is 0. The third kappa shape index (κ3) is 3.80. The van der Waals surface area contributed by atoms with Gasteiger partial charge in [-0.15, -0.1) is 0 Å². The predicted molar refractivity (Wildman–Crippen MR) is 136 cm³/mol. The maximum atomic E-state index is 13.1. The molecule has 4 rings (SSSR count). The molecule has 1 N–H and O–H groups in total. The fraction of sp³-hybridized carbons (Fsp3) is 0.700. The molecule has 0 aromatic heterocycles. The Morgan fingerprint density at radius 1 is 0.857 bits per heavy atom. The van der Waals surface area contributed by atoms with E-state index in [0.717, 1.165) is 31.3 Å². The number of aliphatic hydroxyl groups is 1. The fourth-order valence-corrected chi connectivity index (χ4v) is 7.64. The minimum absolute atomic E-state index is 0.00737. The summed E-state index contributed by atoms with van der Waals surface area (Å²) in [7, 11) is 0. The van der Waals surface area contributed by atoms with Crippen LogP contribution >= 0.6 is 0 Å². The largest absolute Gasteiger partial charge is 0.504 e. The van der Waals surface area contributed by atoms with Gasteiger partial charge >= 0.3 is 0 Å². The molecule has 5 heteroatoms. The fourth-order valence-electron chi connectivity index (χ4n) is 7.64.